The van der Waals surface area contributed by atoms with Crippen LogP contribution in [0, 0.1) is 0 Å². The van der Waals surface area contributed by atoms with Crippen LogP contribution in [0.15, 0.2) is 18.2 Å². The number of benzene rings is 1. The van der Waals surface area contributed by atoms with Crippen LogP contribution in [-0.2, 0) is 21.5 Å². The van der Waals surface area contributed by atoms with E-state index in [1.807, 2.05) is 12.1 Å². The van der Waals surface area contributed by atoms with E-state index in [1.165, 1.54) is 7.11 Å². The first-order chi connectivity index (χ1) is 7.43. The van der Waals surface area contributed by atoms with Gasteiger partial charge in [0.05, 0.1) is 12.5 Å². The van der Waals surface area contributed by atoms with Crippen molar-refractivity contribution < 1.29 is 9.53 Å². The maximum Gasteiger partial charge on any atom is 0.315 e. The number of carbonyl (C=O) groups excluding carboxylic acids is 1. The summed E-state index contributed by atoms with van der Waals surface area (Å²) in [6, 6.07) is 5.48. The SMILES string of the molecule is COC(=O)C(C)(C)c1ccc(CN)c(N)c1. The topological polar surface area (TPSA) is 78.3 Å². The van der Waals surface area contributed by atoms with E-state index in [0.29, 0.717) is 12.2 Å². The highest BCUT2D eigenvalue weighted by Crippen LogP contribution is 2.27. The van der Waals surface area contributed by atoms with Crippen LogP contribution in [0.1, 0.15) is 25.0 Å². The van der Waals surface area contributed by atoms with Crippen LogP contribution in [-0.4, -0.2) is 13.1 Å². The maximum absolute atomic E-state index is 11.6. The predicted octanol–water partition coefficient (Wildman–Crippen LogP) is 1.18. The molecular formula is C12H18N2O2. The molecule has 4 nitrogen and oxygen atoms in total. The van der Waals surface area contributed by atoms with Gasteiger partial charge in [0.15, 0.2) is 0 Å². The fourth-order valence-electron chi connectivity index (χ4n) is 1.54. The number of anilines is 1. The number of methoxy groups -OCH3 is 1. The lowest BCUT2D eigenvalue weighted by atomic mass is 9.84. The smallest absolute Gasteiger partial charge is 0.315 e. The Hall–Kier alpha value is -1.55. The lowest BCUT2D eigenvalue weighted by Gasteiger charge is -2.22. The van der Waals surface area contributed by atoms with Crippen LogP contribution in [0.5, 0.6) is 0 Å². The summed E-state index contributed by atoms with van der Waals surface area (Å²) in [5.74, 6) is -0.285. The normalized spacial score (nSPS) is 11.2. The van der Waals surface area contributed by atoms with Gasteiger partial charge in [-0.25, -0.2) is 0 Å². The Morgan fingerprint density at radius 3 is 2.50 bits per heavy atom. The Bertz CT molecular complexity index is 400. The fraction of sp³-hybridized carbons (Fsp3) is 0.417. The molecule has 0 aliphatic carbocycles. The van der Waals surface area contributed by atoms with E-state index in [1.54, 1.807) is 19.9 Å². The van der Waals surface area contributed by atoms with Crippen molar-refractivity contribution in [2.24, 2.45) is 5.73 Å². The van der Waals surface area contributed by atoms with Gasteiger partial charge in [0.2, 0.25) is 0 Å². The molecule has 1 rings (SSSR count). The largest absolute Gasteiger partial charge is 0.468 e. The number of ether oxygens (including phenoxy) is 1. The van der Waals surface area contributed by atoms with Gasteiger partial charge < -0.3 is 16.2 Å². The van der Waals surface area contributed by atoms with Crippen molar-refractivity contribution in [3.63, 3.8) is 0 Å². The molecule has 0 bridgehead atoms. The summed E-state index contributed by atoms with van der Waals surface area (Å²) in [4.78, 5) is 11.6. The molecule has 1 aromatic carbocycles. The average molecular weight is 222 g/mol. The van der Waals surface area contributed by atoms with E-state index < -0.39 is 5.41 Å². The summed E-state index contributed by atoms with van der Waals surface area (Å²) in [6.07, 6.45) is 0. The van der Waals surface area contributed by atoms with Crippen molar-refractivity contribution in [2.75, 3.05) is 12.8 Å². The van der Waals surface area contributed by atoms with Crippen molar-refractivity contribution in [3.8, 4) is 0 Å². The minimum Gasteiger partial charge on any atom is -0.468 e. The zero-order valence-corrected chi connectivity index (χ0v) is 9.91. The molecular weight excluding hydrogens is 204 g/mol. The van der Waals surface area contributed by atoms with Gasteiger partial charge in [-0.2, -0.15) is 0 Å². The van der Waals surface area contributed by atoms with E-state index in [4.69, 9.17) is 16.2 Å². The van der Waals surface area contributed by atoms with Gasteiger partial charge in [0.1, 0.15) is 0 Å². The zero-order valence-electron chi connectivity index (χ0n) is 9.91. The van der Waals surface area contributed by atoms with Crippen molar-refractivity contribution >= 4 is 11.7 Å². The quantitative estimate of drug-likeness (QED) is 0.594. The highest BCUT2D eigenvalue weighted by atomic mass is 16.5. The molecule has 0 spiro atoms. The molecule has 0 radical (unpaired) electrons. The number of rotatable bonds is 3. The molecule has 0 amide bonds. The molecule has 4 heteroatoms. The highest BCUT2D eigenvalue weighted by Gasteiger charge is 2.31. The third kappa shape index (κ3) is 2.17. The number of nitrogens with two attached hydrogens (primary N) is 2. The molecule has 0 atom stereocenters. The monoisotopic (exact) mass is 222 g/mol. The second-order valence-corrected chi connectivity index (χ2v) is 4.23. The second-order valence-electron chi connectivity index (χ2n) is 4.23. The molecule has 0 aliphatic rings. The number of esters is 1. The average Bonchev–Trinajstić information content (AvgIpc) is 2.27. The maximum atomic E-state index is 11.6. The van der Waals surface area contributed by atoms with Gasteiger partial charge in [0, 0.05) is 12.2 Å². The first kappa shape index (κ1) is 12.5. The summed E-state index contributed by atoms with van der Waals surface area (Å²) in [6.45, 7) is 4.00. The van der Waals surface area contributed by atoms with Crippen LogP contribution in [0.4, 0.5) is 5.69 Å². The lowest BCUT2D eigenvalue weighted by molar-refractivity contribution is -0.146. The van der Waals surface area contributed by atoms with Crippen molar-refractivity contribution in [1.82, 2.24) is 0 Å². The van der Waals surface area contributed by atoms with E-state index >= 15 is 0 Å². The van der Waals surface area contributed by atoms with Gasteiger partial charge in [-0.1, -0.05) is 12.1 Å². The van der Waals surface area contributed by atoms with Gasteiger partial charge >= 0.3 is 5.97 Å². The van der Waals surface area contributed by atoms with Crippen molar-refractivity contribution in [1.29, 1.82) is 0 Å². The molecule has 0 saturated heterocycles. The Morgan fingerprint density at radius 2 is 2.06 bits per heavy atom. The van der Waals surface area contributed by atoms with E-state index in [9.17, 15) is 4.79 Å². The molecule has 1 aromatic rings. The summed E-state index contributed by atoms with van der Waals surface area (Å²) >= 11 is 0. The van der Waals surface area contributed by atoms with Gasteiger partial charge in [-0.05, 0) is 31.0 Å². The predicted molar refractivity (Wildman–Crippen MR) is 63.8 cm³/mol. The molecule has 0 heterocycles. The lowest BCUT2D eigenvalue weighted by Crippen LogP contribution is -2.30. The molecule has 0 saturated carbocycles. The fourth-order valence-corrected chi connectivity index (χ4v) is 1.54. The highest BCUT2D eigenvalue weighted by molar-refractivity contribution is 5.82. The molecule has 4 N–H and O–H groups in total. The number of nitrogen functional groups attached to an aromatic ring is 1. The molecule has 0 fully saturated rings. The Labute approximate surface area is 95.6 Å². The third-order valence-electron chi connectivity index (χ3n) is 2.78. The first-order valence-corrected chi connectivity index (χ1v) is 5.11. The Balaban J connectivity index is 3.14. The summed E-state index contributed by atoms with van der Waals surface area (Å²) in [5, 5.41) is 0. The van der Waals surface area contributed by atoms with Crippen LogP contribution in [0.3, 0.4) is 0 Å². The standard InChI is InChI=1S/C12H18N2O2/c1-12(2,11(15)16-3)9-5-4-8(7-13)10(14)6-9/h4-6H,7,13-14H2,1-3H3. The number of carbonyl (C=O) groups is 1. The zero-order chi connectivity index (χ0) is 12.3. The Morgan fingerprint density at radius 1 is 1.44 bits per heavy atom. The van der Waals surface area contributed by atoms with E-state index in [2.05, 4.69) is 0 Å². The van der Waals surface area contributed by atoms with Gasteiger partial charge in [-0.15, -0.1) is 0 Å². The number of hydrogen-bond acceptors (Lipinski definition) is 4. The van der Waals surface area contributed by atoms with Gasteiger partial charge in [-0.3, -0.25) is 4.79 Å². The van der Waals surface area contributed by atoms with Crippen LogP contribution in [0.25, 0.3) is 0 Å². The van der Waals surface area contributed by atoms with Crippen molar-refractivity contribution in [2.45, 2.75) is 25.8 Å². The summed E-state index contributed by atoms with van der Waals surface area (Å²) in [7, 11) is 1.38. The molecule has 0 unspecified atom stereocenters. The van der Waals surface area contributed by atoms with E-state index in [-0.39, 0.29) is 5.97 Å². The van der Waals surface area contributed by atoms with Crippen LogP contribution < -0.4 is 11.5 Å². The molecule has 16 heavy (non-hydrogen) atoms. The summed E-state index contributed by atoms with van der Waals surface area (Å²) < 4.78 is 4.76. The molecule has 0 aromatic heterocycles. The van der Waals surface area contributed by atoms with Gasteiger partial charge in [0.25, 0.3) is 0 Å². The van der Waals surface area contributed by atoms with E-state index in [0.717, 1.165) is 11.1 Å². The van der Waals surface area contributed by atoms with Crippen molar-refractivity contribution in [3.05, 3.63) is 29.3 Å². The van der Waals surface area contributed by atoms with Crippen LogP contribution >= 0.6 is 0 Å². The number of hydrogen-bond donors (Lipinski definition) is 2. The summed E-state index contributed by atoms with van der Waals surface area (Å²) in [5.41, 5.74) is 13.0. The second kappa shape index (κ2) is 4.53. The minimum atomic E-state index is -0.698. The first-order valence-electron chi connectivity index (χ1n) is 5.11. The molecule has 88 valence electrons. The minimum absolute atomic E-state index is 0.285. The third-order valence-corrected chi connectivity index (χ3v) is 2.78. The van der Waals surface area contributed by atoms with Crippen LogP contribution in [0.2, 0.25) is 0 Å². The molecule has 0 aliphatic heterocycles. The Kier molecular flexibility index (Phi) is 3.55.